The summed E-state index contributed by atoms with van der Waals surface area (Å²) in [6.07, 6.45) is 11.8. The first-order valence-electron chi connectivity index (χ1n) is 8.30. The molecule has 0 aromatic carbocycles. The highest BCUT2D eigenvalue weighted by Crippen LogP contribution is 2.16. The van der Waals surface area contributed by atoms with Crippen LogP contribution in [0.2, 0.25) is 0 Å². The molecule has 1 atom stereocenters. The van der Waals surface area contributed by atoms with Crippen LogP contribution < -0.4 is 5.32 Å². The molecule has 1 saturated heterocycles. The molecule has 0 bridgehead atoms. The standard InChI is InChI=1S/C16H30N4/c1-3-4-11-20-14-10-18-16(20)17-9-7-13-19-12-6-5-8-15(19)2/h10,14-15H,3-9,11-13H2,1-2H3,(H,17,18). The number of nitrogens with zero attached hydrogens (tertiary/aromatic N) is 3. The van der Waals surface area contributed by atoms with E-state index in [2.05, 4.69) is 39.8 Å². The molecule has 2 heterocycles. The Labute approximate surface area is 123 Å². The minimum Gasteiger partial charge on any atom is -0.356 e. The van der Waals surface area contributed by atoms with E-state index in [0.29, 0.717) is 0 Å². The van der Waals surface area contributed by atoms with Gasteiger partial charge in [0, 0.05) is 38.1 Å². The van der Waals surface area contributed by atoms with Crippen LogP contribution in [0.5, 0.6) is 0 Å². The summed E-state index contributed by atoms with van der Waals surface area (Å²) in [6, 6.07) is 0.773. The van der Waals surface area contributed by atoms with Gasteiger partial charge in [0.15, 0.2) is 0 Å². The van der Waals surface area contributed by atoms with Crippen molar-refractivity contribution >= 4 is 5.95 Å². The van der Waals surface area contributed by atoms with Gasteiger partial charge < -0.3 is 14.8 Å². The zero-order chi connectivity index (χ0) is 14.2. The van der Waals surface area contributed by atoms with Crippen molar-refractivity contribution in [3.63, 3.8) is 0 Å². The number of piperidine rings is 1. The van der Waals surface area contributed by atoms with Crippen molar-refractivity contribution in [3.05, 3.63) is 12.4 Å². The normalized spacial score (nSPS) is 20.2. The minimum absolute atomic E-state index is 0.773. The summed E-state index contributed by atoms with van der Waals surface area (Å²) < 4.78 is 2.23. The Morgan fingerprint density at radius 3 is 3.00 bits per heavy atom. The Hall–Kier alpha value is -1.03. The first-order valence-corrected chi connectivity index (χ1v) is 8.30. The lowest BCUT2D eigenvalue weighted by Gasteiger charge is -2.33. The van der Waals surface area contributed by atoms with Crippen molar-refractivity contribution in [1.29, 1.82) is 0 Å². The Morgan fingerprint density at radius 2 is 2.20 bits per heavy atom. The highest BCUT2D eigenvalue weighted by atomic mass is 15.2. The predicted octanol–water partition coefficient (Wildman–Crippen LogP) is 3.36. The van der Waals surface area contributed by atoms with Gasteiger partial charge in [-0.25, -0.2) is 4.98 Å². The number of hydrogen-bond acceptors (Lipinski definition) is 3. The molecule has 0 spiro atoms. The van der Waals surface area contributed by atoms with E-state index in [1.165, 1.54) is 51.6 Å². The number of rotatable bonds is 8. The zero-order valence-electron chi connectivity index (χ0n) is 13.1. The number of aromatic nitrogens is 2. The number of unbranched alkanes of at least 4 members (excludes halogenated alkanes) is 1. The lowest BCUT2D eigenvalue weighted by Crippen LogP contribution is -2.38. The molecule has 1 aliphatic heterocycles. The van der Waals surface area contributed by atoms with Crippen LogP contribution in [0.25, 0.3) is 0 Å². The summed E-state index contributed by atoms with van der Waals surface area (Å²) in [5.41, 5.74) is 0. The van der Waals surface area contributed by atoms with E-state index in [-0.39, 0.29) is 0 Å². The maximum Gasteiger partial charge on any atom is 0.202 e. The number of anilines is 1. The molecular formula is C16H30N4. The first kappa shape index (κ1) is 15.4. The van der Waals surface area contributed by atoms with Crippen LogP contribution in [0, 0.1) is 0 Å². The first-order chi connectivity index (χ1) is 9.81. The second-order valence-electron chi connectivity index (χ2n) is 5.96. The summed E-state index contributed by atoms with van der Waals surface area (Å²) in [7, 11) is 0. The predicted molar refractivity (Wildman–Crippen MR) is 85.1 cm³/mol. The summed E-state index contributed by atoms with van der Waals surface area (Å²) >= 11 is 0. The van der Waals surface area contributed by atoms with Crippen LogP contribution in [0.3, 0.4) is 0 Å². The lowest BCUT2D eigenvalue weighted by molar-refractivity contribution is 0.160. The minimum atomic E-state index is 0.773. The summed E-state index contributed by atoms with van der Waals surface area (Å²) in [5.74, 6) is 1.03. The highest BCUT2D eigenvalue weighted by Gasteiger charge is 2.17. The van der Waals surface area contributed by atoms with Gasteiger partial charge >= 0.3 is 0 Å². The van der Waals surface area contributed by atoms with Gasteiger partial charge in [0.2, 0.25) is 5.95 Å². The molecule has 1 unspecified atom stereocenters. The Kier molecular flexibility index (Phi) is 6.37. The third-order valence-corrected chi connectivity index (χ3v) is 4.31. The SMILES string of the molecule is CCCCn1ccnc1NCCCN1CCCCC1C. The third-order valence-electron chi connectivity index (χ3n) is 4.31. The van der Waals surface area contributed by atoms with Crippen molar-refractivity contribution in [2.45, 2.75) is 65.0 Å². The third kappa shape index (κ3) is 4.51. The quantitative estimate of drug-likeness (QED) is 0.740. The van der Waals surface area contributed by atoms with E-state index < -0.39 is 0 Å². The largest absolute Gasteiger partial charge is 0.356 e. The Bertz CT molecular complexity index is 374. The van der Waals surface area contributed by atoms with E-state index in [1.807, 2.05) is 6.20 Å². The fourth-order valence-electron chi connectivity index (χ4n) is 2.96. The molecular weight excluding hydrogens is 248 g/mol. The maximum atomic E-state index is 4.41. The molecule has 0 amide bonds. The zero-order valence-corrected chi connectivity index (χ0v) is 13.1. The molecule has 0 radical (unpaired) electrons. The van der Waals surface area contributed by atoms with Gasteiger partial charge in [-0.3, -0.25) is 0 Å². The number of aryl methyl sites for hydroxylation is 1. The van der Waals surface area contributed by atoms with Gasteiger partial charge in [0.25, 0.3) is 0 Å². The summed E-state index contributed by atoms with van der Waals surface area (Å²) in [6.45, 7) is 9.18. The maximum absolute atomic E-state index is 4.41. The van der Waals surface area contributed by atoms with Crippen LogP contribution in [0.15, 0.2) is 12.4 Å². The lowest BCUT2D eigenvalue weighted by atomic mass is 10.0. The molecule has 1 aromatic heterocycles. The smallest absolute Gasteiger partial charge is 0.202 e. The molecule has 2 rings (SSSR count). The molecule has 20 heavy (non-hydrogen) atoms. The van der Waals surface area contributed by atoms with Gasteiger partial charge in [-0.2, -0.15) is 0 Å². The van der Waals surface area contributed by atoms with Gasteiger partial charge in [0.05, 0.1) is 0 Å². The second kappa shape index (κ2) is 8.30. The van der Waals surface area contributed by atoms with Gasteiger partial charge in [-0.05, 0) is 39.2 Å². The molecule has 1 aromatic rings. The van der Waals surface area contributed by atoms with Crippen molar-refractivity contribution in [2.24, 2.45) is 0 Å². The topological polar surface area (TPSA) is 33.1 Å². The number of nitrogens with one attached hydrogen (secondary N) is 1. The van der Waals surface area contributed by atoms with Crippen LogP contribution in [-0.2, 0) is 6.54 Å². The number of likely N-dealkylation sites (tertiary alicyclic amines) is 1. The van der Waals surface area contributed by atoms with Crippen molar-refractivity contribution in [1.82, 2.24) is 14.5 Å². The van der Waals surface area contributed by atoms with Crippen molar-refractivity contribution < 1.29 is 0 Å². The fourth-order valence-corrected chi connectivity index (χ4v) is 2.96. The average molecular weight is 278 g/mol. The summed E-state index contributed by atoms with van der Waals surface area (Å²) in [4.78, 5) is 7.04. The monoisotopic (exact) mass is 278 g/mol. The molecule has 0 aliphatic carbocycles. The van der Waals surface area contributed by atoms with Gasteiger partial charge in [0.1, 0.15) is 0 Å². The van der Waals surface area contributed by atoms with Crippen LogP contribution >= 0.6 is 0 Å². The van der Waals surface area contributed by atoms with E-state index in [9.17, 15) is 0 Å². The Balaban J connectivity index is 1.66. The van der Waals surface area contributed by atoms with E-state index in [4.69, 9.17) is 0 Å². The molecule has 4 heteroatoms. The fraction of sp³-hybridized carbons (Fsp3) is 0.812. The Morgan fingerprint density at radius 1 is 1.30 bits per heavy atom. The molecule has 1 fully saturated rings. The molecule has 0 saturated carbocycles. The second-order valence-corrected chi connectivity index (χ2v) is 5.96. The van der Waals surface area contributed by atoms with E-state index in [0.717, 1.165) is 25.1 Å². The molecule has 4 nitrogen and oxygen atoms in total. The number of hydrogen-bond donors (Lipinski definition) is 1. The number of imidazole rings is 1. The van der Waals surface area contributed by atoms with Crippen LogP contribution in [0.1, 0.15) is 52.4 Å². The van der Waals surface area contributed by atoms with E-state index >= 15 is 0 Å². The van der Waals surface area contributed by atoms with Gasteiger partial charge in [-0.15, -0.1) is 0 Å². The molecule has 1 aliphatic rings. The van der Waals surface area contributed by atoms with E-state index in [1.54, 1.807) is 0 Å². The highest BCUT2D eigenvalue weighted by molar-refractivity contribution is 5.25. The molecule has 1 N–H and O–H groups in total. The van der Waals surface area contributed by atoms with Crippen LogP contribution in [0.4, 0.5) is 5.95 Å². The molecule has 114 valence electrons. The van der Waals surface area contributed by atoms with Crippen LogP contribution in [-0.4, -0.2) is 40.1 Å². The van der Waals surface area contributed by atoms with Crippen molar-refractivity contribution in [2.75, 3.05) is 25.0 Å². The average Bonchev–Trinajstić information content (AvgIpc) is 2.90. The van der Waals surface area contributed by atoms with Gasteiger partial charge in [-0.1, -0.05) is 19.8 Å². The summed E-state index contributed by atoms with van der Waals surface area (Å²) in [5, 5.41) is 3.48. The van der Waals surface area contributed by atoms with Crippen molar-refractivity contribution in [3.8, 4) is 0 Å².